The van der Waals surface area contributed by atoms with Crippen molar-refractivity contribution in [2.45, 2.75) is 20.3 Å². The number of hydrogen-bond donors (Lipinski definition) is 0. The quantitative estimate of drug-likeness (QED) is 0.533. The molecular formula is C16H25NO2. The molecule has 0 amide bonds. The summed E-state index contributed by atoms with van der Waals surface area (Å²) in [6.07, 6.45) is 0.989. The van der Waals surface area contributed by atoms with Crippen LogP contribution in [0.3, 0.4) is 0 Å². The normalized spacial score (nSPS) is 11.8. The molecule has 0 radical (unpaired) electrons. The molecule has 0 aromatic heterocycles. The Morgan fingerprint density at radius 2 is 1.89 bits per heavy atom. The van der Waals surface area contributed by atoms with Crippen LogP contribution in [0.1, 0.15) is 30.6 Å². The summed E-state index contributed by atoms with van der Waals surface area (Å²) in [5.41, 5.74) is 0.418. The van der Waals surface area contributed by atoms with E-state index >= 15 is 0 Å². The predicted octanol–water partition coefficient (Wildman–Crippen LogP) is 2.86. The first-order chi connectivity index (χ1) is 8.97. The van der Waals surface area contributed by atoms with Gasteiger partial charge in [-0.05, 0) is 13.5 Å². The molecule has 3 nitrogen and oxygen atoms in total. The van der Waals surface area contributed by atoms with Crippen molar-refractivity contribution >= 4 is 5.78 Å². The first-order valence-electron chi connectivity index (χ1n) is 6.74. The summed E-state index contributed by atoms with van der Waals surface area (Å²) in [5, 5.41) is 0. The second-order valence-electron chi connectivity index (χ2n) is 5.66. The van der Waals surface area contributed by atoms with Crippen LogP contribution in [0.25, 0.3) is 0 Å². The van der Waals surface area contributed by atoms with Gasteiger partial charge in [0.15, 0.2) is 5.78 Å². The highest BCUT2D eigenvalue weighted by Gasteiger charge is 2.29. The molecule has 0 unspecified atom stereocenters. The van der Waals surface area contributed by atoms with Crippen molar-refractivity contribution in [2.24, 2.45) is 5.41 Å². The van der Waals surface area contributed by atoms with Crippen LogP contribution in [0.15, 0.2) is 30.3 Å². The van der Waals surface area contributed by atoms with Crippen LogP contribution in [0.4, 0.5) is 0 Å². The van der Waals surface area contributed by atoms with Crippen molar-refractivity contribution in [1.29, 1.82) is 0 Å². The average molecular weight is 263 g/mol. The number of Topliss-reactive ketones (excluding diaryl/α,β-unsaturated/α-hetero) is 1. The van der Waals surface area contributed by atoms with E-state index in [1.165, 1.54) is 0 Å². The van der Waals surface area contributed by atoms with Crippen LogP contribution < -0.4 is 0 Å². The maximum atomic E-state index is 12.5. The largest absolute Gasteiger partial charge is 0.385 e. The maximum Gasteiger partial charge on any atom is 0.169 e. The fourth-order valence-corrected chi connectivity index (χ4v) is 2.28. The molecule has 1 aromatic carbocycles. The molecule has 0 heterocycles. The number of methoxy groups -OCH3 is 1. The number of ether oxygens (including phenoxy) is 1. The first kappa shape index (κ1) is 15.9. The lowest BCUT2D eigenvalue weighted by Gasteiger charge is -2.29. The molecule has 0 atom stereocenters. The number of hydrogen-bond acceptors (Lipinski definition) is 3. The van der Waals surface area contributed by atoms with Gasteiger partial charge in [-0.25, -0.2) is 0 Å². The summed E-state index contributed by atoms with van der Waals surface area (Å²) in [7, 11) is 3.76. The van der Waals surface area contributed by atoms with Crippen LogP contribution in [0, 0.1) is 5.41 Å². The van der Waals surface area contributed by atoms with E-state index in [0.717, 1.165) is 31.7 Å². The van der Waals surface area contributed by atoms with E-state index in [-0.39, 0.29) is 11.2 Å². The zero-order chi connectivity index (χ0) is 14.3. The third-order valence-electron chi connectivity index (χ3n) is 3.20. The molecule has 0 aliphatic rings. The molecule has 106 valence electrons. The van der Waals surface area contributed by atoms with E-state index in [2.05, 4.69) is 11.9 Å². The Morgan fingerprint density at radius 1 is 1.26 bits per heavy atom. The van der Waals surface area contributed by atoms with Gasteiger partial charge in [0, 0.05) is 37.8 Å². The maximum absolute atomic E-state index is 12.5. The predicted molar refractivity (Wildman–Crippen MR) is 78.5 cm³/mol. The fourth-order valence-electron chi connectivity index (χ4n) is 2.28. The lowest BCUT2D eigenvalue weighted by molar-refractivity contribution is 0.0776. The smallest absolute Gasteiger partial charge is 0.169 e. The number of rotatable bonds is 8. The second kappa shape index (κ2) is 7.41. The van der Waals surface area contributed by atoms with E-state index in [0.29, 0.717) is 0 Å². The summed E-state index contributed by atoms with van der Waals surface area (Å²) in [5.74, 6) is 0.201. The molecule has 1 rings (SSSR count). The second-order valence-corrected chi connectivity index (χ2v) is 5.66. The standard InChI is InChI=1S/C16H25NO2/c1-16(2,13-17(3)11-8-12-19-4)15(18)14-9-6-5-7-10-14/h5-7,9-10H,8,11-13H2,1-4H3. The minimum atomic E-state index is -0.372. The summed E-state index contributed by atoms with van der Waals surface area (Å²) < 4.78 is 5.05. The molecule has 0 spiro atoms. The van der Waals surface area contributed by atoms with E-state index in [1.807, 2.05) is 44.2 Å². The Labute approximate surface area is 116 Å². The van der Waals surface area contributed by atoms with Crippen molar-refractivity contribution in [3.8, 4) is 0 Å². The van der Waals surface area contributed by atoms with Crippen LogP contribution in [-0.2, 0) is 4.74 Å². The van der Waals surface area contributed by atoms with Crippen LogP contribution in [0.2, 0.25) is 0 Å². The minimum absolute atomic E-state index is 0.201. The third kappa shape index (κ3) is 5.13. The van der Waals surface area contributed by atoms with E-state index in [9.17, 15) is 4.79 Å². The summed E-state index contributed by atoms with van der Waals surface area (Å²) in [4.78, 5) is 14.7. The molecule has 0 saturated carbocycles. The lowest BCUT2D eigenvalue weighted by atomic mass is 9.84. The van der Waals surface area contributed by atoms with Crippen molar-refractivity contribution in [2.75, 3.05) is 33.9 Å². The molecule has 0 fully saturated rings. The Kier molecular flexibility index (Phi) is 6.19. The topological polar surface area (TPSA) is 29.5 Å². The number of carbonyl (C=O) groups excluding carboxylic acids is 1. The number of benzene rings is 1. The van der Waals surface area contributed by atoms with Crippen molar-refractivity contribution < 1.29 is 9.53 Å². The Balaban J connectivity index is 2.57. The Morgan fingerprint density at radius 3 is 2.47 bits per heavy atom. The molecule has 0 bridgehead atoms. The summed E-state index contributed by atoms with van der Waals surface area (Å²) in [6.45, 7) is 6.48. The fraction of sp³-hybridized carbons (Fsp3) is 0.562. The van der Waals surface area contributed by atoms with E-state index < -0.39 is 0 Å². The highest BCUT2D eigenvalue weighted by atomic mass is 16.5. The SMILES string of the molecule is COCCCN(C)CC(C)(C)C(=O)c1ccccc1. The number of carbonyl (C=O) groups is 1. The molecule has 3 heteroatoms. The number of nitrogens with zero attached hydrogens (tertiary/aromatic N) is 1. The molecule has 0 aliphatic heterocycles. The summed E-state index contributed by atoms with van der Waals surface area (Å²) in [6, 6.07) is 9.52. The van der Waals surface area contributed by atoms with Crippen molar-refractivity contribution in [3.05, 3.63) is 35.9 Å². The van der Waals surface area contributed by atoms with E-state index in [1.54, 1.807) is 7.11 Å². The van der Waals surface area contributed by atoms with Gasteiger partial charge in [-0.3, -0.25) is 4.79 Å². The molecule has 0 saturated heterocycles. The third-order valence-corrected chi connectivity index (χ3v) is 3.20. The molecule has 19 heavy (non-hydrogen) atoms. The van der Waals surface area contributed by atoms with Gasteiger partial charge >= 0.3 is 0 Å². The Hall–Kier alpha value is -1.19. The van der Waals surface area contributed by atoms with Gasteiger partial charge in [0.25, 0.3) is 0 Å². The number of ketones is 1. The van der Waals surface area contributed by atoms with Crippen LogP contribution in [0.5, 0.6) is 0 Å². The first-order valence-corrected chi connectivity index (χ1v) is 6.74. The van der Waals surface area contributed by atoms with Gasteiger partial charge in [-0.2, -0.15) is 0 Å². The summed E-state index contributed by atoms with van der Waals surface area (Å²) >= 11 is 0. The zero-order valence-corrected chi connectivity index (χ0v) is 12.5. The molecule has 0 aliphatic carbocycles. The highest BCUT2D eigenvalue weighted by molar-refractivity contribution is 6.00. The van der Waals surface area contributed by atoms with Crippen molar-refractivity contribution in [1.82, 2.24) is 4.90 Å². The molecular weight excluding hydrogens is 238 g/mol. The van der Waals surface area contributed by atoms with Gasteiger partial charge in [0.05, 0.1) is 0 Å². The van der Waals surface area contributed by atoms with Crippen molar-refractivity contribution in [3.63, 3.8) is 0 Å². The zero-order valence-electron chi connectivity index (χ0n) is 12.5. The molecule has 1 aromatic rings. The lowest BCUT2D eigenvalue weighted by Crippen LogP contribution is -2.38. The van der Waals surface area contributed by atoms with Gasteiger partial charge in [-0.1, -0.05) is 44.2 Å². The van der Waals surface area contributed by atoms with Gasteiger partial charge in [0.2, 0.25) is 0 Å². The van der Waals surface area contributed by atoms with Gasteiger partial charge in [-0.15, -0.1) is 0 Å². The van der Waals surface area contributed by atoms with Gasteiger partial charge < -0.3 is 9.64 Å². The van der Waals surface area contributed by atoms with Crippen LogP contribution in [-0.4, -0.2) is 44.5 Å². The average Bonchev–Trinajstić information content (AvgIpc) is 2.38. The Bertz CT molecular complexity index is 387. The van der Waals surface area contributed by atoms with E-state index in [4.69, 9.17) is 4.74 Å². The monoisotopic (exact) mass is 263 g/mol. The van der Waals surface area contributed by atoms with Crippen LogP contribution >= 0.6 is 0 Å². The molecule has 0 N–H and O–H groups in total. The minimum Gasteiger partial charge on any atom is -0.385 e. The highest BCUT2D eigenvalue weighted by Crippen LogP contribution is 2.23. The van der Waals surface area contributed by atoms with Gasteiger partial charge in [0.1, 0.15) is 0 Å².